The third-order valence-corrected chi connectivity index (χ3v) is 19.4. The van der Waals surface area contributed by atoms with Crippen LogP contribution >= 0.6 is 29.9 Å². The van der Waals surface area contributed by atoms with Crippen LogP contribution in [-0.4, -0.2) is 167 Å². The number of hydrogen-bond donors (Lipinski definition) is 12. The molecule has 7 rings (SSSR count). The number of esters is 5. The summed E-state index contributed by atoms with van der Waals surface area (Å²) in [5, 5.41) is 57.8. The number of hydrogen-bond acceptors (Lipinski definition) is 22. The van der Waals surface area contributed by atoms with Gasteiger partial charge in [0.1, 0.15) is 65.6 Å². The van der Waals surface area contributed by atoms with Gasteiger partial charge in [-0.3, -0.25) is 50.9 Å². The number of carbonyl (C=O) groups is 5. The van der Waals surface area contributed by atoms with Crippen molar-refractivity contribution >= 4 is 59.8 Å². The Morgan fingerprint density at radius 3 is 1.06 bits per heavy atom. The van der Waals surface area contributed by atoms with Crippen LogP contribution in [0.25, 0.3) is 0 Å². The highest BCUT2D eigenvalue weighted by atomic mass is 31.2. The fraction of sp³-hybridized carbons (Fsp3) is 0.414. The van der Waals surface area contributed by atoms with E-state index in [1.54, 1.807) is 91.1 Å². The van der Waals surface area contributed by atoms with Crippen molar-refractivity contribution in [2.75, 3.05) is 53.1 Å². The molecule has 0 aliphatic carbocycles. The number of ether oxygens (including phenoxy) is 5. The molecule has 30 nitrogen and oxygen atoms in total. The fourth-order valence-corrected chi connectivity index (χ4v) is 13.3. The molecule has 9 atom stereocenters. The Kier molecular flexibility index (Phi) is 40.0. The Morgan fingerprint density at radius 1 is 0.433 bits per heavy atom. The maximum Gasteiger partial charge on any atom is 0.323 e. The van der Waals surface area contributed by atoms with Gasteiger partial charge in [-0.2, -0.15) is 0 Å². The van der Waals surface area contributed by atoms with E-state index in [2.05, 4.69) is 30.3 Å². The third kappa shape index (κ3) is 37.3. The van der Waals surface area contributed by atoms with Gasteiger partial charge in [0, 0.05) is 64.3 Å². The highest BCUT2D eigenvalue weighted by molar-refractivity contribution is 7.59. The highest BCUT2D eigenvalue weighted by Gasteiger charge is 2.32. The standard InChI is InChI=1S/C25H35N2O7P.C16H22N3O4P.C13H20NO5P.C12H17NO3.C4H7N2O2P/c1-4-6-24(30)34-23(17-19-9-13-21(29)14-10-19)27-35(3,32)26-22(25(31)33-15-5-2)16-18-7-11-20(28)12-8-18;1-3-10-23-16(21)15(11-13-4-6-14(20)7-5-13)18-24(2,22)19-9-8-17-12-19;1-3-8-19-13(16)12(14-20(2,17)18)9-10-4-6-11(15)7-5-10;1-2-7-16-12(15)11(13)8-9-3-5-10(14)6-4-9;1-9(7,8)6-3-2-5-4-6/h7-14,22-23,28-29H,4-6,15-17H2,1-3H3,(H2,26,27,32);4-9,12,15,20H,3,10-11H2,1-2H3,(H,18,22);4-7,12,15H,3,8-9H2,1-2H3,(H2,14,17,18);3-6,11,14H,2,7-8,13H2,1H3;2-4H,1H3,(H,7,8). The van der Waals surface area contributed by atoms with Crippen LogP contribution in [0.15, 0.2) is 159 Å². The summed E-state index contributed by atoms with van der Waals surface area (Å²) in [6.45, 7) is 16.0. The number of phenols is 5. The van der Waals surface area contributed by atoms with Gasteiger partial charge in [0.2, 0.25) is 14.9 Å². The minimum atomic E-state index is -3.55. The number of carbonyl (C=O) groups excluding carboxylic acids is 5. The number of aromatic nitrogens is 4. The molecular formula is C70H101N9O21P4. The van der Waals surface area contributed by atoms with Crippen molar-refractivity contribution in [3.05, 3.63) is 187 Å². The molecule has 2 heterocycles. The Morgan fingerprint density at radius 2 is 0.750 bits per heavy atom. The zero-order chi connectivity index (χ0) is 77.5. The quantitative estimate of drug-likeness (QED) is 0.00760. The van der Waals surface area contributed by atoms with E-state index in [-0.39, 0.29) is 73.6 Å². The molecule has 0 amide bonds. The SMILES string of the molecule is CCCOC(=O)C(Cc1ccc(O)cc1)NP(C)(=O)NC(Cc1ccc(O)cc1)OC(=O)CCC.CCCOC(=O)C(Cc1ccc(O)cc1)NP(C)(=O)O.CCCOC(=O)C(Cc1ccc(O)cc1)NP(C)(=O)n1ccnc1.CCCOC(=O)C(N)Cc1ccc(O)cc1.CP(=O)(O)n1ccnc1. The maximum absolute atomic E-state index is 13.5. The van der Waals surface area contributed by atoms with E-state index < -0.39 is 84.2 Å². The van der Waals surface area contributed by atoms with Crippen LogP contribution in [0.3, 0.4) is 0 Å². The largest absolute Gasteiger partial charge is 0.508 e. The highest BCUT2D eigenvalue weighted by Crippen LogP contribution is 2.39. The second kappa shape index (κ2) is 46.4. The number of phenolic OH excluding ortho intramolecular Hbond substituents is 5. The zero-order valence-corrected chi connectivity index (χ0v) is 63.6. The molecule has 13 N–H and O–H groups in total. The molecule has 34 heteroatoms. The number of rotatable bonds is 35. The first-order valence-electron chi connectivity index (χ1n) is 33.4. The first kappa shape index (κ1) is 89.7. The molecule has 0 aliphatic rings. The van der Waals surface area contributed by atoms with E-state index >= 15 is 0 Å². The monoisotopic (exact) mass is 1530 g/mol. The third-order valence-electron chi connectivity index (χ3n) is 14.0. The predicted octanol–water partition coefficient (Wildman–Crippen LogP) is 9.71. The van der Waals surface area contributed by atoms with Crippen molar-refractivity contribution < 1.29 is 101 Å². The molecule has 0 spiro atoms. The first-order valence-corrected chi connectivity index (χ1v) is 41.9. The first-order chi connectivity index (χ1) is 49.1. The van der Waals surface area contributed by atoms with Crippen molar-refractivity contribution in [1.29, 1.82) is 0 Å². The van der Waals surface area contributed by atoms with Gasteiger partial charge in [-0.05, 0) is 146 Å². The van der Waals surface area contributed by atoms with Gasteiger partial charge in [0.05, 0.1) is 26.4 Å². The molecule has 104 heavy (non-hydrogen) atoms. The van der Waals surface area contributed by atoms with Crippen LogP contribution in [0.2, 0.25) is 0 Å². The predicted molar refractivity (Wildman–Crippen MR) is 395 cm³/mol. The lowest BCUT2D eigenvalue weighted by Gasteiger charge is -2.27. The second-order valence-corrected chi connectivity index (χ2v) is 32.9. The number of imidazole rings is 2. The molecule has 0 aliphatic heterocycles. The number of nitrogens with zero attached hydrogens (tertiary/aromatic N) is 4. The van der Waals surface area contributed by atoms with Crippen LogP contribution in [0.1, 0.15) is 101 Å². The summed E-state index contributed by atoms with van der Waals surface area (Å²) < 4.78 is 77.3. The number of nitrogens with two attached hydrogens (primary N) is 1. The van der Waals surface area contributed by atoms with E-state index in [0.717, 1.165) is 40.9 Å². The van der Waals surface area contributed by atoms with E-state index in [1.807, 2.05) is 34.6 Å². The average Bonchev–Trinajstić information content (AvgIpc) is 1.51. The molecule has 0 bridgehead atoms. The summed E-state index contributed by atoms with van der Waals surface area (Å²) in [6.07, 6.45) is 12.8. The molecule has 0 radical (unpaired) electrons. The van der Waals surface area contributed by atoms with E-state index in [4.69, 9.17) is 39.4 Å². The van der Waals surface area contributed by atoms with Crippen molar-refractivity contribution in [3.63, 3.8) is 0 Å². The normalized spacial score (nSPS) is 14.6. The molecule has 0 saturated carbocycles. The van der Waals surface area contributed by atoms with Gasteiger partial charge in [0.15, 0.2) is 6.23 Å². The zero-order valence-electron chi connectivity index (χ0n) is 60.0. The number of benzene rings is 5. The molecule has 7 aromatic rings. The van der Waals surface area contributed by atoms with E-state index in [1.165, 1.54) is 96.3 Å². The smallest absolute Gasteiger partial charge is 0.323 e. The van der Waals surface area contributed by atoms with Crippen LogP contribution in [0.4, 0.5) is 0 Å². The average molecular weight is 1530 g/mol. The fourth-order valence-electron chi connectivity index (χ4n) is 8.92. The lowest BCUT2D eigenvalue weighted by molar-refractivity contribution is -0.150. The minimum Gasteiger partial charge on any atom is -0.508 e. The van der Waals surface area contributed by atoms with Gasteiger partial charge < -0.3 is 64.7 Å². The Balaban J connectivity index is 0.000000357. The van der Waals surface area contributed by atoms with Gasteiger partial charge in [-0.1, -0.05) is 95.3 Å². The molecule has 0 saturated heterocycles. The second-order valence-electron chi connectivity index (χ2n) is 23.9. The van der Waals surface area contributed by atoms with Gasteiger partial charge in [-0.25, -0.2) is 30.3 Å². The summed E-state index contributed by atoms with van der Waals surface area (Å²) in [7, 11) is -13.1. The minimum absolute atomic E-state index is 0.0978. The summed E-state index contributed by atoms with van der Waals surface area (Å²) in [4.78, 5) is 86.3. The lowest BCUT2D eigenvalue weighted by Crippen LogP contribution is -2.43. The Bertz CT molecular complexity index is 3850. The van der Waals surface area contributed by atoms with Crippen LogP contribution in [0.5, 0.6) is 28.7 Å². The number of nitrogens with one attached hydrogen (secondary N) is 4. The van der Waals surface area contributed by atoms with Gasteiger partial charge >= 0.3 is 29.8 Å². The summed E-state index contributed by atoms with van der Waals surface area (Å²) in [5.41, 5.74) is 9.66. The molecular weight excluding hydrogens is 1430 g/mol. The van der Waals surface area contributed by atoms with Crippen molar-refractivity contribution in [2.24, 2.45) is 5.73 Å². The maximum atomic E-state index is 13.5. The van der Waals surface area contributed by atoms with Crippen molar-refractivity contribution in [2.45, 2.75) is 136 Å². The van der Waals surface area contributed by atoms with Crippen molar-refractivity contribution in [1.82, 2.24) is 39.0 Å². The van der Waals surface area contributed by atoms with E-state index in [9.17, 15) is 67.6 Å². The van der Waals surface area contributed by atoms with Crippen LogP contribution in [0, 0.1) is 0 Å². The molecule has 5 aromatic carbocycles. The molecule has 2 aromatic heterocycles. The van der Waals surface area contributed by atoms with Crippen molar-refractivity contribution in [3.8, 4) is 28.7 Å². The van der Waals surface area contributed by atoms with Gasteiger partial charge in [0.25, 0.3) is 15.0 Å². The summed E-state index contributed by atoms with van der Waals surface area (Å²) in [6, 6.07) is 28.9. The van der Waals surface area contributed by atoms with Gasteiger partial charge in [-0.15, -0.1) is 0 Å². The Hall–Kier alpha value is -8.49. The van der Waals surface area contributed by atoms with E-state index in [0.29, 0.717) is 51.7 Å². The Labute approximate surface area is 607 Å². The summed E-state index contributed by atoms with van der Waals surface area (Å²) >= 11 is 0. The van der Waals surface area contributed by atoms with Crippen LogP contribution < -0.4 is 26.1 Å². The molecule has 0 fully saturated rings. The molecule has 9 unspecified atom stereocenters. The topological polar surface area (TPSA) is 451 Å². The van der Waals surface area contributed by atoms with Crippen LogP contribution in [-0.2, 0) is 98.0 Å². The lowest BCUT2D eigenvalue weighted by atomic mass is 10.1. The molecule has 572 valence electrons. The number of aromatic hydroxyl groups is 5. The summed E-state index contributed by atoms with van der Waals surface area (Å²) in [5.74, 6) is -1.71.